The fourth-order valence-electron chi connectivity index (χ4n) is 2.29. The first-order valence-corrected chi connectivity index (χ1v) is 6.36. The van der Waals surface area contributed by atoms with Crippen LogP contribution in [-0.2, 0) is 0 Å². The van der Waals surface area contributed by atoms with Crippen molar-refractivity contribution in [3.05, 3.63) is 62.2 Å². The summed E-state index contributed by atoms with van der Waals surface area (Å²) in [5.41, 5.74) is 1.16. The Morgan fingerprint density at radius 3 is 2.18 bits per heavy atom. The maximum absolute atomic E-state index is 11.1. The number of H-pyrrole nitrogens is 1. The van der Waals surface area contributed by atoms with Crippen LogP contribution in [-0.4, -0.2) is 19.8 Å². The number of fused-ring (bicyclic) bond motifs is 1. The summed E-state index contributed by atoms with van der Waals surface area (Å²) in [5.74, 6) is 0.354. The molecule has 0 atom stereocenters. The second kappa shape index (κ2) is 4.92. The molecule has 0 aliphatic carbocycles. The van der Waals surface area contributed by atoms with Gasteiger partial charge < -0.3 is 4.98 Å². The number of nitrogens with one attached hydrogen (secondary N) is 1. The highest BCUT2D eigenvalue weighted by Crippen LogP contribution is 2.33. The van der Waals surface area contributed by atoms with Gasteiger partial charge in [0.15, 0.2) is 0 Å². The Morgan fingerprint density at radius 1 is 1.05 bits per heavy atom. The molecule has 0 spiro atoms. The highest BCUT2D eigenvalue weighted by Gasteiger charge is 2.24. The topological polar surface area (TPSA) is 115 Å². The highest BCUT2D eigenvalue weighted by atomic mass is 16.6. The third-order valence-electron chi connectivity index (χ3n) is 3.41. The third kappa shape index (κ3) is 2.16. The van der Waals surface area contributed by atoms with E-state index < -0.39 is 9.85 Å². The van der Waals surface area contributed by atoms with Crippen molar-refractivity contribution in [3.63, 3.8) is 0 Å². The molecule has 0 aliphatic heterocycles. The number of hydrogen-bond acceptors (Lipinski definition) is 5. The Morgan fingerprint density at radius 2 is 1.64 bits per heavy atom. The molecule has 0 saturated heterocycles. The van der Waals surface area contributed by atoms with Gasteiger partial charge in [0.1, 0.15) is 11.4 Å². The van der Waals surface area contributed by atoms with Gasteiger partial charge in [-0.1, -0.05) is 12.1 Å². The van der Waals surface area contributed by atoms with E-state index >= 15 is 0 Å². The summed E-state index contributed by atoms with van der Waals surface area (Å²) in [6.45, 7) is 1.36. The molecule has 0 radical (unpaired) electrons. The van der Waals surface area contributed by atoms with Crippen LogP contribution in [0.15, 0.2) is 36.4 Å². The molecule has 0 amide bonds. The molecular weight excluding hydrogens is 288 g/mol. The van der Waals surface area contributed by atoms with Crippen molar-refractivity contribution in [2.24, 2.45) is 0 Å². The van der Waals surface area contributed by atoms with Crippen molar-refractivity contribution in [2.75, 3.05) is 0 Å². The second-order valence-corrected chi connectivity index (χ2v) is 4.76. The molecule has 1 aromatic heterocycles. The summed E-state index contributed by atoms with van der Waals surface area (Å²) < 4.78 is 0. The second-order valence-electron chi connectivity index (χ2n) is 4.76. The van der Waals surface area contributed by atoms with Crippen LogP contribution in [0.4, 0.5) is 11.4 Å². The molecule has 3 aromatic rings. The van der Waals surface area contributed by atoms with Gasteiger partial charge in [-0.3, -0.25) is 20.2 Å². The number of nitro groups is 2. The molecule has 0 bridgehead atoms. The first kappa shape index (κ1) is 13.7. The van der Waals surface area contributed by atoms with Crippen molar-refractivity contribution >= 4 is 22.4 Å². The fourth-order valence-corrected chi connectivity index (χ4v) is 2.29. The Labute approximate surface area is 123 Å². The van der Waals surface area contributed by atoms with E-state index in [1.54, 1.807) is 6.07 Å². The Kier molecular flexibility index (Phi) is 3.06. The molecule has 8 nitrogen and oxygen atoms in total. The van der Waals surface area contributed by atoms with Crippen LogP contribution in [0.2, 0.25) is 0 Å². The van der Waals surface area contributed by atoms with E-state index in [0.717, 1.165) is 5.52 Å². The lowest BCUT2D eigenvalue weighted by Gasteiger charge is -2.02. The first-order chi connectivity index (χ1) is 10.5. The zero-order chi connectivity index (χ0) is 15.9. The maximum atomic E-state index is 11.1. The number of nitro benzene ring substituents is 2. The van der Waals surface area contributed by atoms with E-state index in [2.05, 4.69) is 9.97 Å². The Balaban J connectivity index is 2.25. The molecule has 3 rings (SSSR count). The number of para-hydroxylation sites is 2. The van der Waals surface area contributed by atoms with Gasteiger partial charge in [0, 0.05) is 17.7 Å². The Bertz CT molecular complexity index is 848. The van der Waals surface area contributed by atoms with E-state index in [1.807, 2.05) is 18.2 Å². The largest absolute Gasteiger partial charge is 0.338 e. The number of imidazole rings is 1. The number of nitrogens with zero attached hydrogens (tertiary/aromatic N) is 3. The zero-order valence-corrected chi connectivity index (χ0v) is 11.4. The minimum Gasteiger partial charge on any atom is -0.338 e. The molecule has 22 heavy (non-hydrogen) atoms. The summed E-state index contributed by atoms with van der Waals surface area (Å²) in [4.78, 5) is 28.3. The molecule has 0 unspecified atom stereocenters. The first-order valence-electron chi connectivity index (χ1n) is 6.36. The van der Waals surface area contributed by atoms with E-state index in [4.69, 9.17) is 0 Å². The lowest BCUT2D eigenvalue weighted by molar-refractivity contribution is -0.395. The van der Waals surface area contributed by atoms with E-state index in [9.17, 15) is 20.2 Å². The molecule has 110 valence electrons. The van der Waals surface area contributed by atoms with Crippen LogP contribution in [0.1, 0.15) is 5.56 Å². The zero-order valence-electron chi connectivity index (χ0n) is 11.4. The van der Waals surface area contributed by atoms with Gasteiger partial charge in [-0.05, 0) is 19.1 Å². The van der Waals surface area contributed by atoms with Crippen LogP contribution in [0, 0.1) is 27.2 Å². The monoisotopic (exact) mass is 298 g/mol. The number of rotatable bonds is 3. The van der Waals surface area contributed by atoms with Gasteiger partial charge in [-0.25, -0.2) is 4.98 Å². The van der Waals surface area contributed by atoms with E-state index in [-0.39, 0.29) is 16.9 Å². The lowest BCUT2D eigenvalue weighted by atomic mass is 10.1. The molecule has 0 saturated carbocycles. The van der Waals surface area contributed by atoms with Crippen LogP contribution in [0.25, 0.3) is 22.4 Å². The fraction of sp³-hybridized carbons (Fsp3) is 0.0714. The molecule has 8 heteroatoms. The average Bonchev–Trinajstić information content (AvgIpc) is 2.90. The summed E-state index contributed by atoms with van der Waals surface area (Å²) in [6, 6.07) is 9.81. The SMILES string of the molecule is Cc1c([N+](=O)[O-])cc(-c2nc3ccccc3[nH]2)cc1[N+](=O)[O-]. The smallest absolute Gasteiger partial charge is 0.279 e. The predicted molar refractivity (Wildman–Crippen MR) is 79.6 cm³/mol. The van der Waals surface area contributed by atoms with Crippen LogP contribution in [0.3, 0.4) is 0 Å². The van der Waals surface area contributed by atoms with Gasteiger partial charge in [0.2, 0.25) is 0 Å². The van der Waals surface area contributed by atoms with E-state index in [0.29, 0.717) is 16.9 Å². The molecular formula is C14H10N4O4. The van der Waals surface area contributed by atoms with Crippen molar-refractivity contribution in [1.82, 2.24) is 9.97 Å². The minimum atomic E-state index is -0.630. The van der Waals surface area contributed by atoms with Crippen LogP contribution >= 0.6 is 0 Å². The molecule has 1 heterocycles. The molecule has 1 N–H and O–H groups in total. The number of hydrogen-bond donors (Lipinski definition) is 1. The number of benzene rings is 2. The van der Waals surface area contributed by atoms with Gasteiger partial charge in [0.05, 0.1) is 20.9 Å². The van der Waals surface area contributed by atoms with Gasteiger partial charge in [-0.15, -0.1) is 0 Å². The van der Waals surface area contributed by atoms with Gasteiger partial charge in [0.25, 0.3) is 11.4 Å². The van der Waals surface area contributed by atoms with E-state index in [1.165, 1.54) is 19.1 Å². The van der Waals surface area contributed by atoms with Gasteiger partial charge >= 0.3 is 0 Å². The molecule has 2 aromatic carbocycles. The third-order valence-corrected chi connectivity index (χ3v) is 3.41. The van der Waals surface area contributed by atoms with Crippen LogP contribution < -0.4 is 0 Å². The van der Waals surface area contributed by atoms with Crippen molar-refractivity contribution in [1.29, 1.82) is 0 Å². The van der Waals surface area contributed by atoms with Crippen molar-refractivity contribution < 1.29 is 9.85 Å². The molecule has 0 aliphatic rings. The van der Waals surface area contributed by atoms with Crippen molar-refractivity contribution in [3.8, 4) is 11.4 Å². The lowest BCUT2D eigenvalue weighted by Crippen LogP contribution is -1.99. The summed E-state index contributed by atoms with van der Waals surface area (Å²) in [5, 5.41) is 22.2. The van der Waals surface area contributed by atoms with Crippen molar-refractivity contribution in [2.45, 2.75) is 6.92 Å². The van der Waals surface area contributed by atoms with Crippen LogP contribution in [0.5, 0.6) is 0 Å². The summed E-state index contributed by atoms with van der Waals surface area (Å²) in [7, 11) is 0. The number of aromatic nitrogens is 2. The average molecular weight is 298 g/mol. The number of aromatic amines is 1. The summed E-state index contributed by atoms with van der Waals surface area (Å²) >= 11 is 0. The standard InChI is InChI=1S/C14H10N4O4/c1-8-12(17(19)20)6-9(7-13(8)18(21)22)14-15-10-4-2-3-5-11(10)16-14/h2-7H,1H3,(H,15,16). The normalized spacial score (nSPS) is 10.8. The quantitative estimate of drug-likeness (QED) is 0.588. The minimum absolute atomic E-state index is 0.0230. The Hall–Kier alpha value is -3.29. The van der Waals surface area contributed by atoms with Gasteiger partial charge in [-0.2, -0.15) is 0 Å². The summed E-state index contributed by atoms with van der Waals surface area (Å²) in [6.07, 6.45) is 0. The predicted octanol–water partition coefficient (Wildman–Crippen LogP) is 3.35. The maximum Gasteiger partial charge on any atom is 0.279 e. The molecule has 0 fully saturated rings. The highest BCUT2D eigenvalue weighted by molar-refractivity contribution is 5.80.